The van der Waals surface area contributed by atoms with Crippen LogP contribution in [0.5, 0.6) is 5.75 Å². The average Bonchev–Trinajstić information content (AvgIpc) is 3.71. The van der Waals surface area contributed by atoms with Crippen LogP contribution in [0.15, 0.2) is 66.7 Å². The van der Waals surface area contributed by atoms with Gasteiger partial charge in [0.25, 0.3) is 5.91 Å². The molecule has 1 amide bonds. The van der Waals surface area contributed by atoms with Crippen LogP contribution in [0.25, 0.3) is 11.0 Å². The first-order valence-electron chi connectivity index (χ1n) is 13.5. The second-order valence-electron chi connectivity index (χ2n) is 10.3. The van der Waals surface area contributed by atoms with Gasteiger partial charge >= 0.3 is 0 Å². The highest BCUT2D eigenvalue weighted by Crippen LogP contribution is 2.33. The van der Waals surface area contributed by atoms with Gasteiger partial charge in [-0.15, -0.1) is 0 Å². The molecule has 5 N–H and O–H groups in total. The smallest absolute Gasteiger partial charge is 0.254 e. The molecule has 202 valence electrons. The number of imidazole rings is 1. The maximum absolute atomic E-state index is 13.6. The number of nitrogens with zero attached hydrogens (tertiary/aromatic N) is 3. The zero-order valence-electron chi connectivity index (χ0n) is 22.4. The number of aromatic nitrogens is 2. The van der Waals surface area contributed by atoms with Crippen molar-refractivity contribution in [2.45, 2.75) is 38.8 Å². The lowest BCUT2D eigenvalue weighted by Gasteiger charge is -2.22. The van der Waals surface area contributed by atoms with Gasteiger partial charge in [-0.1, -0.05) is 36.4 Å². The standard InChI is InChI=1S/C31H36N6O2/c1-39-26-4-2-3-23(17-26)19-36(16-15-32)31(38)25-12-13-28-27(18-25)35-29(37(28)20-22-5-6-22)14-9-21-7-10-24(11-8-21)30(33)34/h2-4,7-8,10-13,17-18,22H,5-6,9,14-16,19-20,32H2,1H3,(H3,33,34). The number of nitrogens with one attached hydrogen (secondary N) is 1. The van der Waals surface area contributed by atoms with E-state index in [9.17, 15) is 4.79 Å². The lowest BCUT2D eigenvalue weighted by molar-refractivity contribution is 0.0748. The molecule has 1 aromatic heterocycles. The van der Waals surface area contributed by atoms with E-state index in [-0.39, 0.29) is 11.7 Å². The molecule has 0 unspecified atom stereocenters. The molecule has 0 radical (unpaired) electrons. The number of hydrogen-bond acceptors (Lipinski definition) is 5. The summed E-state index contributed by atoms with van der Waals surface area (Å²) in [5.41, 5.74) is 16.9. The Kier molecular flexibility index (Phi) is 7.93. The molecular weight excluding hydrogens is 488 g/mol. The van der Waals surface area contributed by atoms with Crippen molar-refractivity contribution in [1.82, 2.24) is 14.5 Å². The van der Waals surface area contributed by atoms with Gasteiger partial charge < -0.3 is 25.7 Å². The Bertz CT molecular complexity index is 1470. The van der Waals surface area contributed by atoms with Crippen LogP contribution in [0, 0.1) is 11.3 Å². The van der Waals surface area contributed by atoms with E-state index in [0.717, 1.165) is 53.1 Å². The SMILES string of the molecule is COc1cccc(CN(CCN)C(=O)c2ccc3c(c2)nc(CCc2ccc(C(=N)N)cc2)n3CC2CC2)c1. The van der Waals surface area contributed by atoms with Crippen molar-refractivity contribution >= 4 is 22.8 Å². The number of nitrogen functional groups attached to an aromatic ring is 1. The molecule has 5 rings (SSSR count). The first kappa shape index (κ1) is 26.4. The molecule has 0 saturated heterocycles. The monoisotopic (exact) mass is 524 g/mol. The quantitative estimate of drug-likeness (QED) is 0.190. The summed E-state index contributed by atoms with van der Waals surface area (Å²) in [6.45, 7) is 2.25. The summed E-state index contributed by atoms with van der Waals surface area (Å²) in [6.07, 6.45) is 4.13. The predicted molar refractivity (Wildman–Crippen MR) is 154 cm³/mol. The van der Waals surface area contributed by atoms with E-state index in [0.29, 0.717) is 31.1 Å². The van der Waals surface area contributed by atoms with Crippen LogP contribution < -0.4 is 16.2 Å². The second-order valence-corrected chi connectivity index (χ2v) is 10.3. The number of ether oxygens (including phenoxy) is 1. The van der Waals surface area contributed by atoms with Gasteiger partial charge in [-0.25, -0.2) is 4.98 Å². The van der Waals surface area contributed by atoms with Crippen molar-refractivity contribution < 1.29 is 9.53 Å². The summed E-state index contributed by atoms with van der Waals surface area (Å²) < 4.78 is 7.68. The van der Waals surface area contributed by atoms with Crippen molar-refractivity contribution in [3.63, 3.8) is 0 Å². The summed E-state index contributed by atoms with van der Waals surface area (Å²) in [7, 11) is 1.64. The fraction of sp³-hybridized carbons (Fsp3) is 0.323. The molecule has 39 heavy (non-hydrogen) atoms. The van der Waals surface area contributed by atoms with Crippen LogP contribution in [0.1, 0.15) is 45.7 Å². The predicted octanol–water partition coefficient (Wildman–Crippen LogP) is 4.13. The Hall–Kier alpha value is -4.17. The normalized spacial score (nSPS) is 13.0. The van der Waals surface area contributed by atoms with Gasteiger partial charge in [0.05, 0.1) is 18.1 Å². The van der Waals surface area contributed by atoms with Crippen LogP contribution in [0.4, 0.5) is 0 Å². The van der Waals surface area contributed by atoms with E-state index in [4.69, 9.17) is 26.6 Å². The third-order valence-corrected chi connectivity index (χ3v) is 7.31. The molecule has 1 saturated carbocycles. The van der Waals surface area contributed by atoms with E-state index < -0.39 is 0 Å². The average molecular weight is 525 g/mol. The number of carbonyl (C=O) groups excluding carboxylic acids is 1. The number of carbonyl (C=O) groups is 1. The van der Waals surface area contributed by atoms with E-state index in [1.807, 2.05) is 66.7 Å². The molecule has 1 aliphatic rings. The molecule has 1 aliphatic carbocycles. The fourth-order valence-corrected chi connectivity index (χ4v) is 4.96. The number of methoxy groups -OCH3 is 1. The van der Waals surface area contributed by atoms with E-state index in [1.54, 1.807) is 12.0 Å². The van der Waals surface area contributed by atoms with Gasteiger partial charge in [-0.05, 0) is 66.6 Å². The minimum absolute atomic E-state index is 0.0611. The Morgan fingerprint density at radius 1 is 1.05 bits per heavy atom. The van der Waals surface area contributed by atoms with E-state index in [1.165, 1.54) is 18.4 Å². The number of fused-ring (bicyclic) bond motifs is 1. The summed E-state index contributed by atoms with van der Waals surface area (Å²) >= 11 is 0. The molecule has 0 aliphatic heterocycles. The maximum atomic E-state index is 13.6. The summed E-state index contributed by atoms with van der Waals surface area (Å²) in [6, 6.07) is 21.4. The first-order valence-corrected chi connectivity index (χ1v) is 13.5. The number of hydrogen-bond donors (Lipinski definition) is 3. The van der Waals surface area contributed by atoms with Crippen LogP contribution >= 0.6 is 0 Å². The lowest BCUT2D eigenvalue weighted by Crippen LogP contribution is -2.34. The van der Waals surface area contributed by atoms with Crippen LogP contribution in [0.2, 0.25) is 0 Å². The van der Waals surface area contributed by atoms with Crippen LogP contribution in [0.3, 0.4) is 0 Å². The van der Waals surface area contributed by atoms with Crippen LogP contribution in [-0.2, 0) is 25.9 Å². The number of aryl methyl sites for hydroxylation is 2. The molecule has 3 aromatic carbocycles. The second kappa shape index (κ2) is 11.7. The highest BCUT2D eigenvalue weighted by molar-refractivity contribution is 5.97. The zero-order chi connectivity index (χ0) is 27.4. The summed E-state index contributed by atoms with van der Waals surface area (Å²) in [5, 5.41) is 7.60. The molecule has 8 heteroatoms. The Labute approximate surface area is 229 Å². The van der Waals surface area contributed by atoms with Crippen molar-refractivity contribution in [1.29, 1.82) is 5.41 Å². The third kappa shape index (κ3) is 6.29. The molecule has 1 heterocycles. The van der Waals surface area contributed by atoms with E-state index >= 15 is 0 Å². The van der Waals surface area contributed by atoms with Gasteiger partial charge in [0.1, 0.15) is 17.4 Å². The molecular formula is C31H36N6O2. The molecule has 1 fully saturated rings. The highest BCUT2D eigenvalue weighted by atomic mass is 16.5. The van der Waals surface area contributed by atoms with E-state index in [2.05, 4.69) is 4.57 Å². The van der Waals surface area contributed by atoms with Crippen LogP contribution in [-0.4, -0.2) is 46.4 Å². The largest absolute Gasteiger partial charge is 0.497 e. The third-order valence-electron chi connectivity index (χ3n) is 7.31. The summed E-state index contributed by atoms with van der Waals surface area (Å²) in [5.74, 6) is 2.51. The fourth-order valence-electron chi connectivity index (χ4n) is 4.96. The topological polar surface area (TPSA) is 123 Å². The minimum atomic E-state index is -0.0611. The molecule has 8 nitrogen and oxygen atoms in total. The number of amidine groups is 1. The van der Waals surface area contributed by atoms with Gasteiger partial charge in [-0.2, -0.15) is 0 Å². The van der Waals surface area contributed by atoms with Crippen molar-refractivity contribution in [2.75, 3.05) is 20.2 Å². The molecule has 0 bridgehead atoms. The Balaban J connectivity index is 1.38. The molecule has 0 atom stereocenters. The van der Waals surface area contributed by atoms with Gasteiger partial charge in [-0.3, -0.25) is 10.2 Å². The van der Waals surface area contributed by atoms with Gasteiger partial charge in [0.2, 0.25) is 0 Å². The molecule has 4 aromatic rings. The van der Waals surface area contributed by atoms with Crippen molar-refractivity contribution in [2.24, 2.45) is 17.4 Å². The van der Waals surface area contributed by atoms with Crippen molar-refractivity contribution in [3.8, 4) is 5.75 Å². The van der Waals surface area contributed by atoms with Gasteiger partial charge in [0, 0.05) is 43.7 Å². The van der Waals surface area contributed by atoms with Gasteiger partial charge in [0.15, 0.2) is 0 Å². The maximum Gasteiger partial charge on any atom is 0.254 e. The minimum Gasteiger partial charge on any atom is -0.497 e. The number of amides is 1. The zero-order valence-corrected chi connectivity index (χ0v) is 22.4. The van der Waals surface area contributed by atoms with Crippen molar-refractivity contribution in [3.05, 3.63) is 94.8 Å². The number of benzene rings is 3. The number of rotatable bonds is 12. The number of nitrogens with two attached hydrogens (primary N) is 2. The Morgan fingerprint density at radius 2 is 1.82 bits per heavy atom. The first-order chi connectivity index (χ1) is 18.9. The summed E-state index contributed by atoms with van der Waals surface area (Å²) in [4.78, 5) is 20.4. The lowest BCUT2D eigenvalue weighted by atomic mass is 10.1. The highest BCUT2D eigenvalue weighted by Gasteiger charge is 2.25. The Morgan fingerprint density at radius 3 is 2.51 bits per heavy atom. The molecule has 0 spiro atoms.